The van der Waals surface area contributed by atoms with Gasteiger partial charge in [0, 0.05) is 17.6 Å². The molecule has 0 aliphatic rings. The highest BCUT2D eigenvalue weighted by molar-refractivity contribution is 9.10. The lowest BCUT2D eigenvalue weighted by atomic mass is 10.2. The number of aliphatic hydroxyl groups excluding tert-OH is 1. The Balaban J connectivity index is 1.95. The molecule has 1 atom stereocenters. The fourth-order valence-electron chi connectivity index (χ4n) is 3.45. The molecular weight excluding hydrogens is 464 g/mol. The van der Waals surface area contributed by atoms with Gasteiger partial charge in [-0.15, -0.1) is 0 Å². The van der Waals surface area contributed by atoms with Crippen LogP contribution in [0.5, 0.6) is 5.75 Å². The van der Waals surface area contributed by atoms with Crippen LogP contribution in [0.4, 0.5) is 0 Å². The summed E-state index contributed by atoms with van der Waals surface area (Å²) in [5.74, 6) is 1.09. The maximum Gasteiger partial charge on any atom is 0.332 e. The van der Waals surface area contributed by atoms with Crippen LogP contribution in [0.15, 0.2) is 44.7 Å². The monoisotopic (exact) mass is 492 g/mol. The molecule has 0 fully saturated rings. The number of hydrogen-bond acceptors (Lipinski definition) is 5. The molecule has 0 aliphatic heterocycles. The standard InChI is InChI=1S/C22H29BrN4O4/c1-14(2)9-25-13-24-20-19(25)21(29)27(22(30)26(20)10-15(3)4)11-17(28)12-31-18-7-5-16(23)6-8-18/h5-8,13-15,17,28H,9-12H2,1-4H3/t17-/m1/s1. The Morgan fingerprint density at radius 3 is 2.26 bits per heavy atom. The number of ether oxygens (including phenoxy) is 1. The zero-order valence-electron chi connectivity index (χ0n) is 18.3. The Kier molecular flexibility index (Phi) is 7.38. The van der Waals surface area contributed by atoms with Crippen LogP contribution in [0.3, 0.4) is 0 Å². The summed E-state index contributed by atoms with van der Waals surface area (Å²) in [4.78, 5) is 30.7. The van der Waals surface area contributed by atoms with Crippen LogP contribution >= 0.6 is 15.9 Å². The van der Waals surface area contributed by atoms with Crippen LogP contribution in [0.2, 0.25) is 0 Å². The molecule has 31 heavy (non-hydrogen) atoms. The lowest BCUT2D eigenvalue weighted by Crippen LogP contribution is -2.44. The summed E-state index contributed by atoms with van der Waals surface area (Å²) >= 11 is 3.36. The van der Waals surface area contributed by atoms with Gasteiger partial charge in [0.25, 0.3) is 5.56 Å². The molecule has 1 N–H and O–H groups in total. The molecule has 0 aliphatic carbocycles. The predicted octanol–water partition coefficient (Wildman–Crippen LogP) is 2.87. The summed E-state index contributed by atoms with van der Waals surface area (Å²) in [5, 5.41) is 10.5. The topological polar surface area (TPSA) is 91.3 Å². The third kappa shape index (κ3) is 5.46. The lowest BCUT2D eigenvalue weighted by molar-refractivity contribution is 0.0901. The van der Waals surface area contributed by atoms with Gasteiger partial charge in [0.1, 0.15) is 18.5 Å². The number of rotatable bonds is 9. The van der Waals surface area contributed by atoms with Crippen LogP contribution in [0, 0.1) is 11.8 Å². The van der Waals surface area contributed by atoms with Gasteiger partial charge in [-0.2, -0.15) is 0 Å². The molecule has 9 heteroatoms. The Hall–Kier alpha value is -2.39. The minimum Gasteiger partial charge on any atom is -0.491 e. The molecule has 0 saturated carbocycles. The number of nitrogens with zero attached hydrogens (tertiary/aromatic N) is 4. The highest BCUT2D eigenvalue weighted by Gasteiger charge is 2.21. The van der Waals surface area contributed by atoms with Gasteiger partial charge in [-0.25, -0.2) is 9.78 Å². The molecule has 3 rings (SSSR count). The number of benzene rings is 1. The average Bonchev–Trinajstić information content (AvgIpc) is 3.10. The van der Waals surface area contributed by atoms with E-state index in [0.29, 0.717) is 35.9 Å². The molecule has 2 heterocycles. The summed E-state index contributed by atoms with van der Waals surface area (Å²) in [6.07, 6.45) is 0.584. The summed E-state index contributed by atoms with van der Waals surface area (Å²) in [7, 11) is 0. The van der Waals surface area contributed by atoms with Crippen molar-refractivity contribution in [3.63, 3.8) is 0 Å². The highest BCUT2D eigenvalue weighted by atomic mass is 79.9. The fraction of sp³-hybridized carbons (Fsp3) is 0.500. The molecule has 0 unspecified atom stereocenters. The number of aromatic nitrogens is 4. The molecule has 168 valence electrons. The van der Waals surface area contributed by atoms with Crippen LogP contribution < -0.4 is 16.0 Å². The number of fused-ring (bicyclic) bond motifs is 1. The van der Waals surface area contributed by atoms with Gasteiger partial charge in [-0.3, -0.25) is 13.9 Å². The van der Waals surface area contributed by atoms with E-state index in [4.69, 9.17) is 4.74 Å². The van der Waals surface area contributed by atoms with E-state index in [1.165, 1.54) is 4.57 Å². The van der Waals surface area contributed by atoms with Crippen LogP contribution in [0.1, 0.15) is 27.7 Å². The minimum atomic E-state index is -1.03. The Morgan fingerprint density at radius 2 is 1.65 bits per heavy atom. The molecule has 1 aromatic carbocycles. The van der Waals surface area contributed by atoms with Gasteiger partial charge in [-0.05, 0) is 36.1 Å². The third-order valence-electron chi connectivity index (χ3n) is 4.74. The van der Waals surface area contributed by atoms with Gasteiger partial charge in [0.05, 0.1) is 12.9 Å². The summed E-state index contributed by atoms with van der Waals surface area (Å²) in [6.45, 7) is 8.95. The van der Waals surface area contributed by atoms with Crippen molar-refractivity contribution < 1.29 is 9.84 Å². The molecular formula is C22H29BrN4O4. The summed E-state index contributed by atoms with van der Waals surface area (Å²) in [6, 6.07) is 7.21. The maximum atomic E-state index is 13.2. The first-order chi connectivity index (χ1) is 14.7. The first-order valence-electron chi connectivity index (χ1n) is 10.4. The minimum absolute atomic E-state index is 0.0407. The van der Waals surface area contributed by atoms with Crippen molar-refractivity contribution >= 4 is 27.1 Å². The predicted molar refractivity (Wildman–Crippen MR) is 124 cm³/mol. The van der Waals surface area contributed by atoms with Gasteiger partial charge in [0.2, 0.25) is 0 Å². The smallest absolute Gasteiger partial charge is 0.332 e. The van der Waals surface area contributed by atoms with Gasteiger partial charge in [0.15, 0.2) is 11.2 Å². The average molecular weight is 493 g/mol. The van der Waals surface area contributed by atoms with E-state index in [1.807, 2.05) is 26.0 Å². The second-order valence-electron chi connectivity index (χ2n) is 8.58. The Labute approximate surface area is 189 Å². The van der Waals surface area contributed by atoms with E-state index < -0.39 is 17.4 Å². The summed E-state index contributed by atoms with van der Waals surface area (Å²) < 4.78 is 10.9. The van der Waals surface area contributed by atoms with Gasteiger partial charge in [-0.1, -0.05) is 43.6 Å². The second kappa shape index (κ2) is 9.82. The fourth-order valence-corrected chi connectivity index (χ4v) is 3.71. The quantitative estimate of drug-likeness (QED) is 0.495. The number of aliphatic hydroxyl groups is 1. The van der Waals surface area contributed by atoms with Gasteiger partial charge >= 0.3 is 5.69 Å². The Bertz CT molecular complexity index is 1150. The molecule has 0 radical (unpaired) electrons. The van der Waals surface area contributed by atoms with Crippen LogP contribution in [-0.4, -0.2) is 36.5 Å². The van der Waals surface area contributed by atoms with Crippen molar-refractivity contribution in [3.8, 4) is 5.75 Å². The first-order valence-corrected chi connectivity index (χ1v) is 11.2. The lowest BCUT2D eigenvalue weighted by Gasteiger charge is -2.17. The van der Waals surface area contributed by atoms with E-state index in [1.54, 1.807) is 23.0 Å². The molecule has 0 amide bonds. The first kappa shape index (κ1) is 23.3. The largest absolute Gasteiger partial charge is 0.491 e. The van der Waals surface area contributed by atoms with E-state index in [0.717, 1.165) is 9.04 Å². The van der Waals surface area contributed by atoms with Crippen LogP contribution in [-0.2, 0) is 19.6 Å². The van der Waals surface area contributed by atoms with Gasteiger partial charge < -0.3 is 14.4 Å². The third-order valence-corrected chi connectivity index (χ3v) is 5.27. The number of hydrogen-bond donors (Lipinski definition) is 1. The highest BCUT2D eigenvalue weighted by Crippen LogP contribution is 2.16. The zero-order chi connectivity index (χ0) is 22.7. The molecule has 3 aromatic rings. The van der Waals surface area contributed by atoms with E-state index >= 15 is 0 Å². The molecule has 8 nitrogen and oxygen atoms in total. The maximum absolute atomic E-state index is 13.2. The SMILES string of the molecule is CC(C)Cn1cnc2c1c(=O)n(C[C@@H](O)COc1ccc(Br)cc1)c(=O)n2CC(C)C. The molecule has 0 spiro atoms. The van der Waals surface area contributed by atoms with Crippen molar-refractivity contribution in [2.24, 2.45) is 11.8 Å². The van der Waals surface area contributed by atoms with Crippen molar-refractivity contribution in [3.05, 3.63) is 55.9 Å². The molecule has 0 bridgehead atoms. The van der Waals surface area contributed by atoms with Crippen molar-refractivity contribution in [1.29, 1.82) is 0 Å². The Morgan fingerprint density at radius 1 is 1.00 bits per heavy atom. The van der Waals surface area contributed by atoms with E-state index in [-0.39, 0.29) is 19.1 Å². The van der Waals surface area contributed by atoms with Crippen molar-refractivity contribution in [1.82, 2.24) is 18.7 Å². The molecule has 0 saturated heterocycles. The second-order valence-corrected chi connectivity index (χ2v) is 9.50. The van der Waals surface area contributed by atoms with E-state index in [9.17, 15) is 14.7 Å². The molecule has 2 aromatic heterocycles. The summed E-state index contributed by atoms with van der Waals surface area (Å²) in [5.41, 5.74) is -0.138. The number of imidazole rings is 1. The normalized spacial score (nSPS) is 12.8. The van der Waals surface area contributed by atoms with E-state index in [2.05, 4.69) is 34.8 Å². The van der Waals surface area contributed by atoms with Crippen molar-refractivity contribution in [2.75, 3.05) is 6.61 Å². The van der Waals surface area contributed by atoms with Crippen LogP contribution in [0.25, 0.3) is 11.2 Å². The zero-order valence-corrected chi connectivity index (χ0v) is 19.9. The van der Waals surface area contributed by atoms with Crippen molar-refractivity contribution in [2.45, 2.75) is 53.4 Å². The number of halogens is 1.